The summed E-state index contributed by atoms with van der Waals surface area (Å²) in [6.07, 6.45) is 2.53. The molecule has 4 nitrogen and oxygen atoms in total. The predicted molar refractivity (Wildman–Crippen MR) is 160 cm³/mol. The van der Waals surface area contributed by atoms with Crippen molar-refractivity contribution in [3.05, 3.63) is 137 Å². The van der Waals surface area contributed by atoms with Gasteiger partial charge in [-0.05, 0) is 53.4 Å². The SMILES string of the molecule is Cc1ccccc1N1CCN(C(=O)C[C@H](c2ccc(F)cc2)c2cn(Cc3ccccc3)c3ccccc23)CC1. The summed E-state index contributed by atoms with van der Waals surface area (Å²) in [5.74, 6) is -0.310. The highest BCUT2D eigenvalue weighted by Gasteiger charge is 2.28. The molecule has 1 fully saturated rings. The third kappa shape index (κ3) is 5.37. The van der Waals surface area contributed by atoms with E-state index >= 15 is 0 Å². The molecule has 0 spiro atoms. The molecule has 1 aliphatic rings. The number of carbonyl (C=O) groups is 1. The maximum Gasteiger partial charge on any atom is 0.223 e. The van der Waals surface area contributed by atoms with Crippen LogP contribution in [0.25, 0.3) is 10.9 Å². The van der Waals surface area contributed by atoms with Gasteiger partial charge in [-0.15, -0.1) is 0 Å². The van der Waals surface area contributed by atoms with Gasteiger partial charge >= 0.3 is 0 Å². The number of hydrogen-bond donors (Lipinski definition) is 0. The second-order valence-electron chi connectivity index (χ2n) is 10.7. The van der Waals surface area contributed by atoms with Gasteiger partial charge in [-0.25, -0.2) is 4.39 Å². The zero-order valence-corrected chi connectivity index (χ0v) is 22.8. The van der Waals surface area contributed by atoms with Gasteiger partial charge in [0.15, 0.2) is 0 Å². The lowest BCUT2D eigenvalue weighted by Crippen LogP contribution is -2.49. The van der Waals surface area contributed by atoms with E-state index in [0.717, 1.165) is 41.7 Å². The monoisotopic (exact) mass is 531 g/mol. The lowest BCUT2D eigenvalue weighted by Gasteiger charge is -2.37. The largest absolute Gasteiger partial charge is 0.368 e. The van der Waals surface area contributed by atoms with E-state index in [1.807, 2.05) is 29.2 Å². The van der Waals surface area contributed by atoms with E-state index in [1.165, 1.54) is 28.9 Å². The fraction of sp³-hybridized carbons (Fsp3) is 0.229. The Kier molecular flexibility index (Phi) is 7.37. The summed E-state index contributed by atoms with van der Waals surface area (Å²) in [6, 6.07) is 33.8. The minimum Gasteiger partial charge on any atom is -0.368 e. The first-order valence-corrected chi connectivity index (χ1v) is 14.0. The smallest absolute Gasteiger partial charge is 0.223 e. The lowest BCUT2D eigenvalue weighted by molar-refractivity contribution is -0.131. The van der Waals surface area contributed by atoms with E-state index < -0.39 is 0 Å². The van der Waals surface area contributed by atoms with Gasteiger partial charge in [0, 0.05) is 67.8 Å². The first kappa shape index (κ1) is 25.9. The molecule has 2 heterocycles. The van der Waals surface area contributed by atoms with Crippen LogP contribution in [0.15, 0.2) is 109 Å². The fourth-order valence-electron chi connectivity index (χ4n) is 5.98. The molecular formula is C35H34FN3O. The Hall–Kier alpha value is -4.38. The van der Waals surface area contributed by atoms with Crippen molar-refractivity contribution in [1.29, 1.82) is 0 Å². The van der Waals surface area contributed by atoms with Gasteiger partial charge in [-0.3, -0.25) is 4.79 Å². The molecule has 202 valence electrons. The molecule has 0 radical (unpaired) electrons. The van der Waals surface area contributed by atoms with Crippen molar-refractivity contribution in [1.82, 2.24) is 9.47 Å². The number of carbonyl (C=O) groups excluding carboxylic acids is 1. The van der Waals surface area contributed by atoms with E-state index in [-0.39, 0.29) is 17.6 Å². The number of hydrogen-bond acceptors (Lipinski definition) is 2. The van der Waals surface area contributed by atoms with Gasteiger partial charge in [-0.2, -0.15) is 0 Å². The van der Waals surface area contributed by atoms with Gasteiger partial charge in [0.05, 0.1) is 0 Å². The molecule has 0 saturated carbocycles. The minimum atomic E-state index is -0.271. The average molecular weight is 532 g/mol. The maximum atomic E-state index is 13.9. The third-order valence-corrected chi connectivity index (χ3v) is 8.13. The first-order valence-electron chi connectivity index (χ1n) is 14.0. The topological polar surface area (TPSA) is 28.5 Å². The number of para-hydroxylation sites is 2. The summed E-state index contributed by atoms with van der Waals surface area (Å²) < 4.78 is 16.2. The van der Waals surface area contributed by atoms with Gasteiger partial charge in [0.2, 0.25) is 5.91 Å². The van der Waals surface area contributed by atoms with E-state index in [1.54, 1.807) is 0 Å². The number of nitrogens with zero attached hydrogens (tertiary/aromatic N) is 3. The van der Waals surface area contributed by atoms with Crippen LogP contribution in [-0.2, 0) is 11.3 Å². The molecule has 1 amide bonds. The van der Waals surface area contributed by atoms with Crippen LogP contribution in [-0.4, -0.2) is 41.6 Å². The van der Waals surface area contributed by atoms with Crippen LogP contribution in [0.3, 0.4) is 0 Å². The molecule has 1 aliphatic heterocycles. The molecule has 1 aromatic heterocycles. The highest BCUT2D eigenvalue weighted by Crippen LogP contribution is 2.36. The molecule has 40 heavy (non-hydrogen) atoms. The van der Waals surface area contributed by atoms with Gasteiger partial charge in [0.1, 0.15) is 5.82 Å². The Bertz CT molecular complexity index is 1600. The molecule has 5 heteroatoms. The number of aromatic nitrogens is 1. The highest BCUT2D eigenvalue weighted by atomic mass is 19.1. The second kappa shape index (κ2) is 11.4. The van der Waals surface area contributed by atoms with Crippen molar-refractivity contribution in [3.8, 4) is 0 Å². The van der Waals surface area contributed by atoms with Crippen molar-refractivity contribution >= 4 is 22.5 Å². The molecule has 6 rings (SSSR count). The van der Waals surface area contributed by atoms with Crippen molar-refractivity contribution in [2.24, 2.45) is 0 Å². The number of fused-ring (bicyclic) bond motifs is 1. The Morgan fingerprint density at radius 3 is 2.23 bits per heavy atom. The van der Waals surface area contributed by atoms with Gasteiger partial charge < -0.3 is 14.4 Å². The number of halogens is 1. The molecule has 5 aromatic rings. The van der Waals surface area contributed by atoms with Gasteiger partial charge in [-0.1, -0.05) is 78.9 Å². The summed E-state index contributed by atoms with van der Waals surface area (Å²) in [5.41, 5.74) is 6.90. The summed E-state index contributed by atoms with van der Waals surface area (Å²) in [4.78, 5) is 18.2. The zero-order valence-electron chi connectivity index (χ0n) is 22.8. The lowest BCUT2D eigenvalue weighted by atomic mass is 9.87. The quantitative estimate of drug-likeness (QED) is 0.226. The molecule has 1 atom stereocenters. The first-order chi connectivity index (χ1) is 19.6. The van der Waals surface area contributed by atoms with E-state index in [4.69, 9.17) is 0 Å². The number of piperazine rings is 1. The molecule has 4 aromatic carbocycles. The van der Waals surface area contributed by atoms with Crippen molar-refractivity contribution in [3.63, 3.8) is 0 Å². The van der Waals surface area contributed by atoms with Crippen LogP contribution in [0, 0.1) is 12.7 Å². The molecule has 0 bridgehead atoms. The number of aryl methyl sites for hydroxylation is 1. The van der Waals surface area contributed by atoms with Crippen molar-refractivity contribution in [2.75, 3.05) is 31.1 Å². The Morgan fingerprint density at radius 1 is 0.800 bits per heavy atom. The van der Waals surface area contributed by atoms with Crippen molar-refractivity contribution in [2.45, 2.75) is 25.8 Å². The van der Waals surface area contributed by atoms with E-state index in [2.05, 4.69) is 89.3 Å². The number of anilines is 1. The zero-order chi connectivity index (χ0) is 27.5. The third-order valence-electron chi connectivity index (χ3n) is 8.13. The molecule has 1 saturated heterocycles. The second-order valence-corrected chi connectivity index (χ2v) is 10.7. The number of benzene rings is 4. The molecular weight excluding hydrogens is 497 g/mol. The molecule has 0 N–H and O–H groups in total. The molecule has 0 aliphatic carbocycles. The van der Waals surface area contributed by atoms with Crippen LogP contribution in [0.2, 0.25) is 0 Å². The minimum absolute atomic E-state index is 0.138. The van der Waals surface area contributed by atoms with Crippen LogP contribution in [0.5, 0.6) is 0 Å². The Labute approximate surface area is 235 Å². The van der Waals surface area contributed by atoms with Crippen molar-refractivity contribution < 1.29 is 9.18 Å². The van der Waals surface area contributed by atoms with E-state index in [9.17, 15) is 9.18 Å². The standard InChI is InChI=1S/C35H34FN3O/c1-26-9-5-7-13-33(26)37-19-21-38(22-20-37)35(40)23-31(28-15-17-29(36)18-16-28)32-25-39(24-27-10-3-2-4-11-27)34-14-8-6-12-30(32)34/h2-18,25,31H,19-24H2,1H3/t31-/m1/s1. The van der Waals surface area contributed by atoms with E-state index in [0.29, 0.717) is 19.5 Å². The Morgan fingerprint density at radius 2 is 1.48 bits per heavy atom. The summed E-state index contributed by atoms with van der Waals surface area (Å²) in [6.45, 7) is 5.89. The molecule has 0 unspecified atom stereocenters. The highest BCUT2D eigenvalue weighted by molar-refractivity contribution is 5.87. The maximum absolute atomic E-state index is 13.9. The summed E-state index contributed by atoms with van der Waals surface area (Å²) in [5, 5.41) is 1.13. The summed E-state index contributed by atoms with van der Waals surface area (Å²) >= 11 is 0. The number of amides is 1. The van der Waals surface area contributed by atoms with Crippen LogP contribution < -0.4 is 4.90 Å². The Balaban J connectivity index is 1.28. The van der Waals surface area contributed by atoms with Crippen LogP contribution >= 0.6 is 0 Å². The summed E-state index contributed by atoms with van der Waals surface area (Å²) in [7, 11) is 0. The predicted octanol–water partition coefficient (Wildman–Crippen LogP) is 7.01. The van der Waals surface area contributed by atoms with Crippen LogP contribution in [0.1, 0.15) is 34.6 Å². The average Bonchev–Trinajstić information content (AvgIpc) is 3.35. The van der Waals surface area contributed by atoms with Crippen LogP contribution in [0.4, 0.5) is 10.1 Å². The fourth-order valence-corrected chi connectivity index (χ4v) is 5.98. The van der Waals surface area contributed by atoms with Gasteiger partial charge in [0.25, 0.3) is 0 Å². The normalized spacial score (nSPS) is 14.4. The number of rotatable bonds is 7.